The molecule has 220 valence electrons. The van der Waals surface area contributed by atoms with Crippen LogP contribution in [0.3, 0.4) is 0 Å². The summed E-state index contributed by atoms with van der Waals surface area (Å²) in [7, 11) is -5.38. The number of ether oxygens (including phenoxy) is 2. The molecule has 0 saturated heterocycles. The van der Waals surface area contributed by atoms with Gasteiger partial charge in [-0.2, -0.15) is 0 Å². The minimum atomic E-state index is -5.38. The van der Waals surface area contributed by atoms with Gasteiger partial charge in [-0.05, 0) is 89.8 Å². The molecule has 13 heteroatoms. The number of primary amides is 1. The largest absolute Gasteiger partial charge is 1.00 e. The molecule has 0 spiro atoms. The van der Waals surface area contributed by atoms with E-state index in [4.69, 9.17) is 15.9 Å². The van der Waals surface area contributed by atoms with Gasteiger partial charge in [-0.15, -0.1) is 6.42 Å². The van der Waals surface area contributed by atoms with E-state index in [1.807, 2.05) is 17.8 Å². The van der Waals surface area contributed by atoms with Crippen molar-refractivity contribution in [3.8, 4) is 107 Å². The Kier molecular flexibility index (Phi) is 31.8. The molecule has 0 heterocycles. The summed E-state index contributed by atoms with van der Waals surface area (Å²) in [6.45, 7) is 1.31. The van der Waals surface area contributed by atoms with E-state index in [-0.39, 0.29) is 90.7 Å². The molecular weight excluding hydrogens is 547 g/mol. The van der Waals surface area contributed by atoms with E-state index in [0.717, 1.165) is 0 Å². The number of carbonyl (C=O) groups is 3. The Morgan fingerprint density at radius 1 is 0.821 bits per heavy atom. The van der Waals surface area contributed by atoms with Crippen LogP contribution in [0.25, 0.3) is 0 Å². The van der Waals surface area contributed by atoms with E-state index in [1.54, 1.807) is 6.92 Å². The summed E-state index contributed by atoms with van der Waals surface area (Å²) in [5.74, 6) is 35.6. The number of rotatable bonds is 6. The van der Waals surface area contributed by atoms with Crippen LogP contribution >= 0.6 is 7.82 Å². The molecule has 0 aromatic heterocycles. The van der Waals surface area contributed by atoms with E-state index >= 15 is 0 Å². The number of esters is 2. The Balaban J connectivity index is -0.0000000243. The summed E-state index contributed by atoms with van der Waals surface area (Å²) in [5, 5.41) is 0. The first-order valence-corrected chi connectivity index (χ1v) is 10.7. The molecule has 0 saturated carbocycles. The first-order chi connectivity index (χ1) is 17.5. The van der Waals surface area contributed by atoms with Crippen LogP contribution in [-0.4, -0.2) is 37.2 Å². The molecule has 0 radical (unpaired) electrons. The van der Waals surface area contributed by atoms with Crippen molar-refractivity contribution in [3.05, 3.63) is 0 Å². The zero-order valence-corrected chi connectivity index (χ0v) is 26.2. The summed E-state index contributed by atoms with van der Waals surface area (Å²) in [6, 6.07) is 0. The Hall–Kier alpha value is -3.44. The third-order valence-electron chi connectivity index (χ3n) is 2.31. The topological polar surface area (TPSA) is 168 Å². The normalized spacial score (nSPS) is 7.67. The molecule has 39 heavy (non-hydrogen) atoms. The Labute approximate surface area is 298 Å². The number of amides is 1. The Morgan fingerprint density at radius 3 is 1.67 bits per heavy atom. The fraction of sp³-hybridized carbons (Fsp3) is 0.192. The van der Waals surface area contributed by atoms with Gasteiger partial charge in [-0.3, -0.25) is 4.79 Å². The van der Waals surface area contributed by atoms with E-state index in [0.29, 0.717) is 0 Å². The van der Waals surface area contributed by atoms with Gasteiger partial charge in [0.2, 0.25) is 5.91 Å². The van der Waals surface area contributed by atoms with Crippen LogP contribution in [0.15, 0.2) is 0 Å². The van der Waals surface area contributed by atoms with Crippen molar-refractivity contribution < 1.29 is 128 Å². The number of phosphoric acid groups is 1. The standard InChI is InChI=1S/C24H11O8P.C2H5NO.2Na.18H2/c1-3-5-7-9-11-12-13-15-16-18-23(25)30-20-22(21-31-33(27,28)29)32-24(26)19-17-14-10-8-6-4-2;1-2(3)4;;;;;;;;;;;;;;;;;;;;/h2,22H,20-21H2,1H3,(H2,27,28,29);1H3,(H2,3,4);;;18*1H/q;;2*+1;;;;;;;;;;;;;;;;;;/p-2/t22-;;;;;;;;;;;;;;;;;;;;;/m0...................../s1. The molecule has 2 N–H and O–H groups in total. The van der Waals surface area contributed by atoms with Gasteiger partial charge >= 0.3 is 71.1 Å². The van der Waals surface area contributed by atoms with Crippen LogP contribution in [0.5, 0.6) is 0 Å². The van der Waals surface area contributed by atoms with E-state index in [9.17, 15) is 28.7 Å². The van der Waals surface area contributed by atoms with Gasteiger partial charge in [0.1, 0.15) is 6.61 Å². The van der Waals surface area contributed by atoms with Gasteiger partial charge < -0.3 is 34.1 Å². The van der Waals surface area contributed by atoms with Crippen molar-refractivity contribution >= 4 is 25.7 Å². The second-order valence-corrected chi connectivity index (χ2v) is 6.40. The SMILES string of the molecule is C#CC#CC#CC#CC(=O)O[C@@H](COC(=O)C#CC#CC#CC#CC#CC)COP(=O)([O-])[O-].CC(N)=O.[HH].[HH].[HH].[HH].[HH].[HH].[HH].[HH].[HH].[HH].[HH].[HH].[HH].[HH].[HH].[HH].[HH].[HH].[Na+].[Na+]. The summed E-state index contributed by atoms with van der Waals surface area (Å²) in [5.41, 5.74) is 4.47. The fourth-order valence-electron chi connectivity index (χ4n) is 1.22. The first kappa shape index (κ1) is 42.6. The van der Waals surface area contributed by atoms with Crippen molar-refractivity contribution in [3.63, 3.8) is 0 Å². The monoisotopic (exact) mass is 597 g/mol. The molecule has 0 bridgehead atoms. The van der Waals surface area contributed by atoms with Crippen molar-refractivity contribution in [1.29, 1.82) is 0 Å². The van der Waals surface area contributed by atoms with Crippen molar-refractivity contribution in [2.24, 2.45) is 5.73 Å². The number of hydrogen-bond acceptors (Lipinski definition) is 9. The van der Waals surface area contributed by atoms with Gasteiger partial charge in [0, 0.05) is 44.4 Å². The number of carbonyl (C=O) groups excluding carboxylic acids is 3. The maximum absolute atomic E-state index is 11.6. The van der Waals surface area contributed by atoms with Gasteiger partial charge in [-0.25, -0.2) is 9.59 Å². The maximum atomic E-state index is 11.6. The zero-order valence-electron chi connectivity index (χ0n) is 21.3. The Bertz CT molecular complexity index is 1510. The van der Waals surface area contributed by atoms with Gasteiger partial charge in [-0.1, -0.05) is 5.92 Å². The van der Waals surface area contributed by atoms with Gasteiger partial charge in [0.05, 0.1) is 14.4 Å². The molecule has 0 aliphatic rings. The molecule has 0 fully saturated rings. The van der Waals surface area contributed by atoms with Crippen molar-refractivity contribution in [2.45, 2.75) is 20.0 Å². The molecule has 0 aliphatic heterocycles. The van der Waals surface area contributed by atoms with Crippen LogP contribution in [-0.2, 0) is 32.9 Å². The second kappa shape index (κ2) is 29.1. The second-order valence-electron chi connectivity index (χ2n) is 5.25. The molecule has 1 amide bonds. The summed E-state index contributed by atoms with van der Waals surface area (Å²) >= 11 is 0. The van der Waals surface area contributed by atoms with Crippen LogP contribution in [0, 0.1) is 107 Å². The van der Waals surface area contributed by atoms with Crippen LogP contribution < -0.4 is 74.6 Å². The number of phosphoric ester groups is 1. The molecule has 0 rings (SSSR count). The van der Waals surface area contributed by atoms with E-state index < -0.39 is 39.1 Å². The molecule has 0 unspecified atom stereocenters. The van der Waals surface area contributed by atoms with Gasteiger partial charge in [0.15, 0.2) is 6.10 Å². The predicted molar refractivity (Wildman–Crippen MR) is 164 cm³/mol. The molecule has 10 nitrogen and oxygen atoms in total. The summed E-state index contributed by atoms with van der Waals surface area (Å²) in [4.78, 5) is 53.7. The molecule has 1 atom stereocenters. The maximum Gasteiger partial charge on any atom is 1.00 e. The first-order valence-electron chi connectivity index (χ1n) is 9.21. The average molecular weight is 598 g/mol. The molecule has 0 aliphatic carbocycles. The van der Waals surface area contributed by atoms with Crippen LogP contribution in [0.1, 0.15) is 39.5 Å². The van der Waals surface area contributed by atoms with E-state index in [1.165, 1.54) is 6.92 Å². The third kappa shape index (κ3) is 39.2. The molecule has 0 aromatic carbocycles. The van der Waals surface area contributed by atoms with Gasteiger partial charge in [0.25, 0.3) is 0 Å². The fourth-order valence-corrected chi connectivity index (χ4v) is 1.57. The predicted octanol–water partition coefficient (Wildman–Crippen LogP) is -4.11. The van der Waals surface area contributed by atoms with Crippen LogP contribution in [0.4, 0.5) is 0 Å². The minimum absolute atomic E-state index is 0. The minimum Gasteiger partial charge on any atom is -0.790 e. The summed E-state index contributed by atoms with van der Waals surface area (Å²) in [6.07, 6.45) is 3.40. The van der Waals surface area contributed by atoms with Crippen molar-refractivity contribution in [2.75, 3.05) is 13.2 Å². The van der Waals surface area contributed by atoms with Crippen LogP contribution in [0.2, 0.25) is 0 Å². The Morgan fingerprint density at radius 2 is 1.23 bits per heavy atom. The average Bonchev–Trinajstić information content (AvgIpc) is 2.81. The number of nitrogens with two attached hydrogens (primary N) is 1. The molecule has 0 aromatic rings. The zero-order chi connectivity index (χ0) is 28.4. The van der Waals surface area contributed by atoms with E-state index in [2.05, 4.69) is 93.1 Å². The van der Waals surface area contributed by atoms with Crippen molar-refractivity contribution in [1.82, 2.24) is 0 Å². The third-order valence-corrected chi connectivity index (χ3v) is 2.77. The number of terminal acetylenes is 1. The number of hydrogen-bond donors (Lipinski definition) is 1. The smallest absolute Gasteiger partial charge is 0.790 e. The quantitative estimate of drug-likeness (QED) is 0.105. The molecular formula is C26H50NNa2O9P. The summed E-state index contributed by atoms with van der Waals surface area (Å²) < 4.78 is 24.1.